The number of nitrogen functional groups attached to an aromatic ring is 1. The van der Waals surface area contributed by atoms with E-state index in [0.717, 1.165) is 29.5 Å². The first kappa shape index (κ1) is 13.3. The Labute approximate surface area is 111 Å². The molecule has 0 unspecified atom stereocenters. The fourth-order valence-electron chi connectivity index (χ4n) is 1.85. The molecule has 0 aliphatic carbocycles. The first-order valence-corrected chi connectivity index (χ1v) is 6.07. The molecular formula is C15H16F2N2. The number of likely N-dealkylation sites (N-methyl/N-ethyl adjacent to an activating group) is 1. The van der Waals surface area contributed by atoms with E-state index < -0.39 is 11.6 Å². The van der Waals surface area contributed by atoms with Gasteiger partial charge in [0, 0.05) is 25.0 Å². The van der Waals surface area contributed by atoms with E-state index in [9.17, 15) is 8.78 Å². The van der Waals surface area contributed by atoms with E-state index in [-0.39, 0.29) is 0 Å². The minimum absolute atomic E-state index is 0.651. The standard InChI is InChI=1S/C15H16F2N2/c1-19(13-5-3-12(18)4-6-13)9-8-11-2-7-14(16)15(17)10-11/h2-7,10H,8-9,18H2,1H3. The van der Waals surface area contributed by atoms with Crippen molar-refractivity contribution in [3.05, 3.63) is 59.7 Å². The molecule has 19 heavy (non-hydrogen) atoms. The number of benzene rings is 2. The van der Waals surface area contributed by atoms with E-state index >= 15 is 0 Å². The van der Waals surface area contributed by atoms with Gasteiger partial charge in [0.05, 0.1) is 0 Å². The molecule has 2 aromatic rings. The van der Waals surface area contributed by atoms with Gasteiger partial charge in [-0.15, -0.1) is 0 Å². The molecule has 0 aromatic heterocycles. The highest BCUT2D eigenvalue weighted by atomic mass is 19.2. The maximum Gasteiger partial charge on any atom is 0.159 e. The summed E-state index contributed by atoms with van der Waals surface area (Å²) >= 11 is 0. The summed E-state index contributed by atoms with van der Waals surface area (Å²) in [5, 5.41) is 0. The minimum Gasteiger partial charge on any atom is -0.399 e. The van der Waals surface area contributed by atoms with Gasteiger partial charge in [0.15, 0.2) is 11.6 Å². The fourth-order valence-corrected chi connectivity index (χ4v) is 1.85. The zero-order valence-electron chi connectivity index (χ0n) is 10.7. The maximum absolute atomic E-state index is 13.1. The second-order valence-corrected chi connectivity index (χ2v) is 4.51. The summed E-state index contributed by atoms with van der Waals surface area (Å²) in [6.07, 6.45) is 0.651. The first-order chi connectivity index (χ1) is 9.06. The predicted octanol–water partition coefficient (Wildman–Crippen LogP) is 3.23. The second-order valence-electron chi connectivity index (χ2n) is 4.51. The zero-order chi connectivity index (χ0) is 13.8. The van der Waals surface area contributed by atoms with Crippen LogP contribution in [0.3, 0.4) is 0 Å². The van der Waals surface area contributed by atoms with Crippen LogP contribution in [-0.4, -0.2) is 13.6 Å². The molecule has 2 nitrogen and oxygen atoms in total. The molecule has 0 heterocycles. The molecule has 0 spiro atoms. The number of rotatable bonds is 4. The summed E-state index contributed by atoms with van der Waals surface area (Å²) in [4.78, 5) is 2.04. The van der Waals surface area contributed by atoms with Gasteiger partial charge in [0.1, 0.15) is 0 Å². The highest BCUT2D eigenvalue weighted by molar-refractivity contribution is 5.52. The van der Waals surface area contributed by atoms with Gasteiger partial charge in [-0.1, -0.05) is 6.07 Å². The summed E-state index contributed by atoms with van der Waals surface area (Å²) in [7, 11) is 1.95. The van der Waals surface area contributed by atoms with Gasteiger partial charge in [-0.3, -0.25) is 0 Å². The molecule has 0 saturated carbocycles. The molecule has 0 radical (unpaired) electrons. The van der Waals surface area contributed by atoms with E-state index in [4.69, 9.17) is 5.73 Å². The number of halogens is 2. The van der Waals surface area contributed by atoms with E-state index in [1.54, 1.807) is 6.07 Å². The van der Waals surface area contributed by atoms with Crippen molar-refractivity contribution in [1.82, 2.24) is 0 Å². The van der Waals surface area contributed by atoms with Crippen LogP contribution in [0.15, 0.2) is 42.5 Å². The fraction of sp³-hybridized carbons (Fsp3) is 0.200. The first-order valence-electron chi connectivity index (χ1n) is 6.07. The molecule has 2 aromatic carbocycles. The molecule has 100 valence electrons. The Bertz CT molecular complexity index is 553. The van der Waals surface area contributed by atoms with Gasteiger partial charge >= 0.3 is 0 Å². The van der Waals surface area contributed by atoms with Crippen LogP contribution in [0.5, 0.6) is 0 Å². The van der Waals surface area contributed by atoms with Crippen molar-refractivity contribution in [1.29, 1.82) is 0 Å². The van der Waals surface area contributed by atoms with Crippen molar-refractivity contribution >= 4 is 11.4 Å². The second kappa shape index (κ2) is 5.69. The van der Waals surface area contributed by atoms with Crippen LogP contribution in [-0.2, 0) is 6.42 Å². The van der Waals surface area contributed by atoms with Crippen LogP contribution in [0.2, 0.25) is 0 Å². The van der Waals surface area contributed by atoms with Gasteiger partial charge in [0.2, 0.25) is 0 Å². The molecular weight excluding hydrogens is 246 g/mol. The maximum atomic E-state index is 13.1. The summed E-state index contributed by atoms with van der Waals surface area (Å²) in [6.45, 7) is 0.717. The summed E-state index contributed by atoms with van der Waals surface area (Å²) in [5.74, 6) is -1.61. The smallest absolute Gasteiger partial charge is 0.159 e. The van der Waals surface area contributed by atoms with Crippen molar-refractivity contribution < 1.29 is 8.78 Å². The van der Waals surface area contributed by atoms with Crippen molar-refractivity contribution in [2.24, 2.45) is 0 Å². The molecule has 0 atom stereocenters. The number of hydrogen-bond acceptors (Lipinski definition) is 2. The lowest BCUT2D eigenvalue weighted by molar-refractivity contribution is 0.507. The Morgan fingerprint density at radius 3 is 2.32 bits per heavy atom. The number of hydrogen-bond donors (Lipinski definition) is 1. The third kappa shape index (κ3) is 3.44. The lowest BCUT2D eigenvalue weighted by Crippen LogP contribution is -2.20. The topological polar surface area (TPSA) is 29.3 Å². The Hall–Kier alpha value is -2.10. The zero-order valence-corrected chi connectivity index (χ0v) is 10.7. The van der Waals surface area contributed by atoms with Gasteiger partial charge in [-0.05, 0) is 48.4 Å². The predicted molar refractivity (Wildman–Crippen MR) is 74.2 cm³/mol. The Kier molecular flexibility index (Phi) is 4.00. The Morgan fingerprint density at radius 2 is 1.68 bits per heavy atom. The van der Waals surface area contributed by atoms with Crippen LogP contribution < -0.4 is 10.6 Å². The summed E-state index contributed by atoms with van der Waals surface area (Å²) in [5.41, 5.74) is 8.16. The monoisotopic (exact) mass is 262 g/mol. The SMILES string of the molecule is CN(CCc1ccc(F)c(F)c1)c1ccc(N)cc1. The van der Waals surface area contributed by atoms with E-state index in [0.29, 0.717) is 6.42 Å². The number of nitrogens with zero attached hydrogens (tertiary/aromatic N) is 1. The molecule has 0 bridgehead atoms. The van der Waals surface area contributed by atoms with E-state index in [2.05, 4.69) is 0 Å². The molecule has 4 heteroatoms. The summed E-state index contributed by atoms with van der Waals surface area (Å²) < 4.78 is 25.9. The van der Waals surface area contributed by atoms with Crippen LogP contribution in [0.1, 0.15) is 5.56 Å². The van der Waals surface area contributed by atoms with Crippen molar-refractivity contribution in [3.63, 3.8) is 0 Å². The molecule has 2 N–H and O–H groups in total. The number of nitrogens with two attached hydrogens (primary N) is 1. The molecule has 0 amide bonds. The quantitative estimate of drug-likeness (QED) is 0.857. The van der Waals surface area contributed by atoms with E-state index in [1.165, 1.54) is 6.07 Å². The lowest BCUT2D eigenvalue weighted by Gasteiger charge is -2.19. The molecule has 0 fully saturated rings. The highest BCUT2D eigenvalue weighted by Crippen LogP contribution is 2.16. The normalized spacial score (nSPS) is 10.5. The third-order valence-corrected chi connectivity index (χ3v) is 3.05. The summed E-state index contributed by atoms with van der Waals surface area (Å²) in [6, 6.07) is 11.5. The van der Waals surface area contributed by atoms with Gasteiger partial charge < -0.3 is 10.6 Å². The lowest BCUT2D eigenvalue weighted by atomic mass is 10.1. The largest absolute Gasteiger partial charge is 0.399 e. The Morgan fingerprint density at radius 1 is 1.00 bits per heavy atom. The highest BCUT2D eigenvalue weighted by Gasteiger charge is 2.05. The van der Waals surface area contributed by atoms with E-state index in [1.807, 2.05) is 36.2 Å². The molecule has 0 saturated heterocycles. The van der Waals surface area contributed by atoms with Crippen molar-refractivity contribution in [3.8, 4) is 0 Å². The van der Waals surface area contributed by atoms with Gasteiger partial charge in [-0.2, -0.15) is 0 Å². The van der Waals surface area contributed by atoms with Crippen LogP contribution in [0, 0.1) is 11.6 Å². The number of anilines is 2. The van der Waals surface area contributed by atoms with Gasteiger partial charge in [-0.25, -0.2) is 8.78 Å². The molecule has 2 rings (SSSR count). The van der Waals surface area contributed by atoms with Crippen molar-refractivity contribution in [2.75, 3.05) is 24.2 Å². The van der Waals surface area contributed by atoms with Crippen LogP contribution in [0.25, 0.3) is 0 Å². The van der Waals surface area contributed by atoms with Crippen molar-refractivity contribution in [2.45, 2.75) is 6.42 Å². The minimum atomic E-state index is -0.810. The molecule has 0 aliphatic rings. The molecule has 0 aliphatic heterocycles. The van der Waals surface area contributed by atoms with Crippen LogP contribution >= 0.6 is 0 Å². The average Bonchev–Trinajstić information content (AvgIpc) is 2.40. The third-order valence-electron chi connectivity index (χ3n) is 3.05. The Balaban J connectivity index is 1.98. The van der Waals surface area contributed by atoms with Crippen LogP contribution in [0.4, 0.5) is 20.2 Å². The average molecular weight is 262 g/mol. The van der Waals surface area contributed by atoms with Gasteiger partial charge in [0.25, 0.3) is 0 Å².